The van der Waals surface area contributed by atoms with E-state index in [0.29, 0.717) is 5.88 Å². The summed E-state index contributed by atoms with van der Waals surface area (Å²) in [5.74, 6) is -0.824. The van der Waals surface area contributed by atoms with E-state index in [1.165, 1.54) is 6.07 Å². The highest BCUT2D eigenvalue weighted by molar-refractivity contribution is 5.92. The lowest BCUT2D eigenvalue weighted by Gasteiger charge is -2.06. The van der Waals surface area contributed by atoms with Crippen molar-refractivity contribution in [2.24, 2.45) is 0 Å². The fourth-order valence-electron chi connectivity index (χ4n) is 1.86. The van der Waals surface area contributed by atoms with Crippen LogP contribution >= 0.6 is 0 Å². The number of nitrogens with zero attached hydrogens (tertiary/aromatic N) is 1. The van der Waals surface area contributed by atoms with E-state index in [1.807, 2.05) is 30.3 Å². The molecule has 5 nitrogen and oxygen atoms in total. The van der Waals surface area contributed by atoms with Crippen molar-refractivity contribution >= 4 is 28.4 Å². The number of aromatic carboxylic acids is 1. The van der Waals surface area contributed by atoms with E-state index in [0.717, 1.165) is 16.6 Å². The Morgan fingerprint density at radius 1 is 1.16 bits per heavy atom. The number of benzene rings is 1. The number of anilines is 2. The van der Waals surface area contributed by atoms with Crippen molar-refractivity contribution in [3.8, 4) is 0 Å². The Hall–Kier alpha value is -2.82. The molecule has 0 amide bonds. The zero-order chi connectivity index (χ0) is 13.2. The standard InChI is InChI=1S/C14H10N2O3/c17-14(18)11-6-7-12(19-11)16-10-5-1-3-9-4-2-8-15-13(9)10/h1-8,16H,(H,17,18). The molecule has 0 saturated heterocycles. The zero-order valence-electron chi connectivity index (χ0n) is 9.83. The molecule has 2 N–H and O–H groups in total. The molecule has 0 fully saturated rings. The minimum atomic E-state index is -1.09. The van der Waals surface area contributed by atoms with Gasteiger partial charge in [0.05, 0.1) is 11.2 Å². The molecule has 3 rings (SSSR count). The highest BCUT2D eigenvalue weighted by atomic mass is 16.4. The SMILES string of the molecule is O=C(O)c1ccc(Nc2cccc3cccnc23)o1. The number of rotatable bonds is 3. The molecule has 94 valence electrons. The number of hydrogen-bond acceptors (Lipinski definition) is 4. The van der Waals surface area contributed by atoms with E-state index < -0.39 is 5.97 Å². The summed E-state index contributed by atoms with van der Waals surface area (Å²) in [6, 6.07) is 12.5. The van der Waals surface area contributed by atoms with Gasteiger partial charge in [0.25, 0.3) is 0 Å². The second kappa shape index (κ2) is 4.45. The highest BCUT2D eigenvalue weighted by Gasteiger charge is 2.10. The Balaban J connectivity index is 1.98. The number of nitrogens with one attached hydrogen (secondary N) is 1. The van der Waals surface area contributed by atoms with Crippen LogP contribution in [-0.2, 0) is 0 Å². The summed E-state index contributed by atoms with van der Waals surface area (Å²) in [6.45, 7) is 0. The molecule has 0 aliphatic heterocycles. The predicted molar refractivity (Wildman–Crippen MR) is 70.7 cm³/mol. The van der Waals surface area contributed by atoms with Crippen molar-refractivity contribution in [3.05, 3.63) is 54.4 Å². The van der Waals surface area contributed by atoms with Crippen molar-refractivity contribution in [2.75, 3.05) is 5.32 Å². The molecule has 19 heavy (non-hydrogen) atoms. The molecule has 1 aromatic carbocycles. The summed E-state index contributed by atoms with van der Waals surface area (Å²) >= 11 is 0. The Morgan fingerprint density at radius 3 is 2.79 bits per heavy atom. The number of carbonyl (C=O) groups is 1. The van der Waals surface area contributed by atoms with Crippen LogP contribution in [0.4, 0.5) is 11.6 Å². The van der Waals surface area contributed by atoms with Crippen LogP contribution in [0.3, 0.4) is 0 Å². The van der Waals surface area contributed by atoms with E-state index in [4.69, 9.17) is 9.52 Å². The van der Waals surface area contributed by atoms with E-state index in [-0.39, 0.29) is 5.76 Å². The van der Waals surface area contributed by atoms with Gasteiger partial charge in [-0.15, -0.1) is 0 Å². The summed E-state index contributed by atoms with van der Waals surface area (Å²) < 4.78 is 5.16. The average molecular weight is 254 g/mol. The van der Waals surface area contributed by atoms with Crippen LogP contribution in [0, 0.1) is 0 Å². The third kappa shape index (κ3) is 2.13. The third-order valence-electron chi connectivity index (χ3n) is 2.71. The monoisotopic (exact) mass is 254 g/mol. The molecule has 2 heterocycles. The van der Waals surface area contributed by atoms with Crippen LogP contribution in [0.1, 0.15) is 10.6 Å². The van der Waals surface area contributed by atoms with Gasteiger partial charge in [0.2, 0.25) is 5.76 Å². The number of hydrogen-bond donors (Lipinski definition) is 2. The minimum Gasteiger partial charge on any atom is -0.475 e. The fourth-order valence-corrected chi connectivity index (χ4v) is 1.86. The lowest BCUT2D eigenvalue weighted by atomic mass is 10.2. The van der Waals surface area contributed by atoms with Crippen LogP contribution in [0.2, 0.25) is 0 Å². The number of fused-ring (bicyclic) bond motifs is 1. The fraction of sp³-hybridized carbons (Fsp3) is 0. The van der Waals surface area contributed by atoms with Gasteiger partial charge in [-0.3, -0.25) is 4.98 Å². The number of para-hydroxylation sites is 1. The quantitative estimate of drug-likeness (QED) is 0.750. The number of carboxylic acid groups (broad SMARTS) is 1. The van der Waals surface area contributed by atoms with Crippen LogP contribution < -0.4 is 5.32 Å². The Morgan fingerprint density at radius 2 is 2.00 bits per heavy atom. The molecule has 0 spiro atoms. The van der Waals surface area contributed by atoms with Crippen LogP contribution in [0.15, 0.2) is 53.1 Å². The predicted octanol–water partition coefficient (Wildman–Crippen LogP) is 3.27. The van der Waals surface area contributed by atoms with Gasteiger partial charge in [0.15, 0.2) is 5.88 Å². The Labute approximate surface area is 108 Å². The lowest BCUT2D eigenvalue weighted by Crippen LogP contribution is -1.93. The maximum absolute atomic E-state index is 10.7. The smallest absolute Gasteiger partial charge is 0.371 e. The number of carboxylic acids is 1. The van der Waals surface area contributed by atoms with E-state index in [9.17, 15) is 4.79 Å². The second-order valence-electron chi connectivity index (χ2n) is 3.97. The average Bonchev–Trinajstić information content (AvgIpc) is 2.88. The first kappa shape index (κ1) is 11.3. The van der Waals surface area contributed by atoms with Gasteiger partial charge in [-0.2, -0.15) is 0 Å². The first-order chi connectivity index (χ1) is 9.24. The van der Waals surface area contributed by atoms with E-state index in [2.05, 4.69) is 10.3 Å². The Bertz CT molecular complexity index is 744. The van der Waals surface area contributed by atoms with Crippen LogP contribution in [0.5, 0.6) is 0 Å². The summed E-state index contributed by atoms with van der Waals surface area (Å²) in [6.07, 6.45) is 1.71. The summed E-state index contributed by atoms with van der Waals surface area (Å²) in [5, 5.41) is 12.8. The molecule has 0 unspecified atom stereocenters. The largest absolute Gasteiger partial charge is 0.475 e. The first-order valence-electron chi connectivity index (χ1n) is 5.68. The molecule has 5 heteroatoms. The minimum absolute atomic E-state index is 0.101. The number of pyridine rings is 1. The zero-order valence-corrected chi connectivity index (χ0v) is 9.83. The summed E-state index contributed by atoms with van der Waals surface area (Å²) in [4.78, 5) is 15.0. The molecule has 3 aromatic rings. The maximum atomic E-state index is 10.7. The van der Waals surface area contributed by atoms with Gasteiger partial charge in [0, 0.05) is 17.6 Å². The molecule has 0 radical (unpaired) electrons. The summed E-state index contributed by atoms with van der Waals surface area (Å²) in [7, 11) is 0. The Kier molecular flexibility index (Phi) is 2.64. The van der Waals surface area contributed by atoms with E-state index >= 15 is 0 Å². The van der Waals surface area contributed by atoms with Gasteiger partial charge in [0.1, 0.15) is 0 Å². The van der Waals surface area contributed by atoms with Crippen LogP contribution in [0.25, 0.3) is 10.9 Å². The molecular weight excluding hydrogens is 244 g/mol. The van der Waals surface area contributed by atoms with E-state index in [1.54, 1.807) is 12.3 Å². The van der Waals surface area contributed by atoms with Crippen molar-refractivity contribution in [1.82, 2.24) is 4.98 Å². The van der Waals surface area contributed by atoms with Gasteiger partial charge in [-0.25, -0.2) is 4.79 Å². The number of aromatic nitrogens is 1. The van der Waals surface area contributed by atoms with Crippen LogP contribution in [-0.4, -0.2) is 16.1 Å². The molecule has 0 aliphatic carbocycles. The maximum Gasteiger partial charge on any atom is 0.371 e. The molecule has 0 atom stereocenters. The van der Waals surface area contributed by atoms with Crippen molar-refractivity contribution in [3.63, 3.8) is 0 Å². The van der Waals surface area contributed by atoms with Crippen molar-refractivity contribution < 1.29 is 14.3 Å². The normalized spacial score (nSPS) is 10.5. The van der Waals surface area contributed by atoms with Gasteiger partial charge < -0.3 is 14.8 Å². The van der Waals surface area contributed by atoms with Gasteiger partial charge >= 0.3 is 5.97 Å². The molecule has 2 aromatic heterocycles. The van der Waals surface area contributed by atoms with Gasteiger partial charge in [-0.1, -0.05) is 18.2 Å². The van der Waals surface area contributed by atoms with Crippen molar-refractivity contribution in [1.29, 1.82) is 0 Å². The lowest BCUT2D eigenvalue weighted by molar-refractivity contribution is 0.0663. The molecule has 0 bridgehead atoms. The van der Waals surface area contributed by atoms with Gasteiger partial charge in [-0.05, 0) is 18.2 Å². The van der Waals surface area contributed by atoms with Crippen molar-refractivity contribution in [2.45, 2.75) is 0 Å². The first-order valence-corrected chi connectivity index (χ1v) is 5.68. The molecule has 0 aliphatic rings. The second-order valence-corrected chi connectivity index (χ2v) is 3.97. The topological polar surface area (TPSA) is 75.4 Å². The highest BCUT2D eigenvalue weighted by Crippen LogP contribution is 2.25. The summed E-state index contributed by atoms with van der Waals surface area (Å²) in [5.41, 5.74) is 1.57. The number of furan rings is 1. The third-order valence-corrected chi connectivity index (χ3v) is 2.71. The molecular formula is C14H10N2O3. The molecule has 0 saturated carbocycles.